The van der Waals surface area contributed by atoms with Gasteiger partial charge in [0.05, 0.1) is 0 Å². The summed E-state index contributed by atoms with van der Waals surface area (Å²) in [7, 11) is -3.67. The molecule has 1 fully saturated rings. The van der Waals surface area contributed by atoms with Gasteiger partial charge in [0, 0.05) is 31.1 Å². The summed E-state index contributed by atoms with van der Waals surface area (Å²) in [5.41, 5.74) is 5.90. The first kappa shape index (κ1) is 14.4. The Bertz CT molecular complexity index is 535. The van der Waals surface area contributed by atoms with Crippen LogP contribution in [0.15, 0.2) is 17.5 Å². The normalized spacial score (nSPS) is 19.4. The third kappa shape index (κ3) is 3.31. The Morgan fingerprint density at radius 1 is 1.32 bits per heavy atom. The van der Waals surface area contributed by atoms with Crippen LogP contribution in [0.4, 0.5) is 0 Å². The molecule has 1 saturated heterocycles. The monoisotopic (exact) mass is 304 g/mol. The summed E-state index contributed by atoms with van der Waals surface area (Å²) in [5, 5.41) is 6.90. The minimum absolute atomic E-state index is 0.184. The van der Waals surface area contributed by atoms with Gasteiger partial charge in [-0.15, -0.1) is 11.3 Å². The molecule has 9 heteroatoms. The van der Waals surface area contributed by atoms with Gasteiger partial charge in [0.25, 0.3) is 10.2 Å². The van der Waals surface area contributed by atoms with Crippen LogP contribution < -0.4 is 10.9 Å². The third-order valence-corrected chi connectivity index (χ3v) is 5.07. The van der Waals surface area contributed by atoms with Crippen LogP contribution >= 0.6 is 11.3 Å². The van der Waals surface area contributed by atoms with Crippen LogP contribution in [-0.4, -0.2) is 49.7 Å². The average Bonchev–Trinajstić information content (AvgIpc) is 2.90. The highest BCUT2D eigenvalue weighted by molar-refractivity contribution is 7.86. The molecule has 2 heterocycles. The number of thiophene rings is 1. The van der Waals surface area contributed by atoms with Crippen molar-refractivity contribution < 1.29 is 13.2 Å². The second-order valence-corrected chi connectivity index (χ2v) is 6.79. The van der Waals surface area contributed by atoms with Gasteiger partial charge in [-0.1, -0.05) is 6.07 Å². The van der Waals surface area contributed by atoms with Crippen molar-refractivity contribution in [1.82, 2.24) is 9.21 Å². The lowest BCUT2D eigenvalue weighted by atomic mass is 10.2. The molecule has 1 aromatic heterocycles. The first-order valence-corrected chi connectivity index (χ1v) is 8.13. The number of nitrogens with zero attached hydrogens (tertiary/aromatic N) is 2. The van der Waals surface area contributed by atoms with Gasteiger partial charge >= 0.3 is 0 Å². The van der Waals surface area contributed by atoms with Crippen LogP contribution in [0.1, 0.15) is 10.9 Å². The van der Waals surface area contributed by atoms with Gasteiger partial charge < -0.3 is 10.6 Å². The molecular formula is C10H16N4O3S2. The van der Waals surface area contributed by atoms with E-state index in [-0.39, 0.29) is 19.0 Å². The highest BCUT2D eigenvalue weighted by Crippen LogP contribution is 2.19. The Morgan fingerprint density at radius 2 is 1.95 bits per heavy atom. The lowest BCUT2D eigenvalue weighted by molar-refractivity contribution is -0.133. The van der Waals surface area contributed by atoms with E-state index in [4.69, 9.17) is 10.9 Å². The smallest absolute Gasteiger partial charge is 0.277 e. The molecule has 106 valence electrons. The molecule has 4 N–H and O–H groups in total. The quantitative estimate of drug-likeness (QED) is 0.753. The van der Waals surface area contributed by atoms with E-state index in [1.807, 2.05) is 17.5 Å². The molecule has 1 amide bonds. The summed E-state index contributed by atoms with van der Waals surface area (Å²) in [4.78, 5) is 14.5. The Labute approximate surface area is 116 Å². The Hall–Kier alpha value is -1.00. The van der Waals surface area contributed by atoms with Gasteiger partial charge in [-0.25, -0.2) is 5.14 Å². The van der Waals surface area contributed by atoms with Gasteiger partial charge in [-0.05, 0) is 11.4 Å². The molecule has 1 atom stereocenters. The maximum atomic E-state index is 12.2. The van der Waals surface area contributed by atoms with Crippen molar-refractivity contribution in [3.05, 3.63) is 22.4 Å². The topological polar surface area (TPSA) is 110 Å². The summed E-state index contributed by atoms with van der Waals surface area (Å²) in [6, 6.07) is 2.97. The van der Waals surface area contributed by atoms with Crippen LogP contribution in [0.5, 0.6) is 0 Å². The molecule has 0 spiro atoms. The molecule has 1 aliphatic heterocycles. The standard InChI is InChI=1S/C10H16N4O3S2/c11-9(8-2-1-7-18-8)10(15)13-3-5-14(6-4-13)19(12,16)17/h1-2,7,9H,3-6,11H2,(H2,12,16,17). The molecule has 0 bridgehead atoms. The Morgan fingerprint density at radius 3 is 2.42 bits per heavy atom. The molecule has 0 aliphatic carbocycles. The summed E-state index contributed by atoms with van der Waals surface area (Å²) in [5.74, 6) is -0.184. The lowest BCUT2D eigenvalue weighted by Crippen LogP contribution is -2.53. The minimum atomic E-state index is -3.67. The molecule has 1 aromatic rings. The summed E-state index contributed by atoms with van der Waals surface area (Å²) in [6.45, 7) is 1.05. The van der Waals surface area contributed by atoms with Gasteiger partial charge in [-0.2, -0.15) is 12.7 Å². The molecule has 19 heavy (non-hydrogen) atoms. The van der Waals surface area contributed by atoms with E-state index in [9.17, 15) is 13.2 Å². The summed E-state index contributed by atoms with van der Waals surface area (Å²) in [6.07, 6.45) is 0. The molecule has 0 aromatic carbocycles. The third-order valence-electron chi connectivity index (χ3n) is 3.03. The van der Waals surface area contributed by atoms with Gasteiger partial charge in [0.1, 0.15) is 6.04 Å². The minimum Gasteiger partial charge on any atom is -0.338 e. The average molecular weight is 304 g/mol. The number of carbonyl (C=O) groups excluding carboxylic acids is 1. The highest BCUT2D eigenvalue weighted by atomic mass is 32.2. The Kier molecular flexibility index (Phi) is 4.21. The molecule has 0 saturated carbocycles. The van der Waals surface area contributed by atoms with Crippen molar-refractivity contribution in [3.63, 3.8) is 0 Å². The fourth-order valence-electron chi connectivity index (χ4n) is 1.95. The molecule has 1 unspecified atom stereocenters. The van der Waals surface area contributed by atoms with Crippen LogP contribution in [0.25, 0.3) is 0 Å². The maximum Gasteiger partial charge on any atom is 0.277 e. The van der Waals surface area contributed by atoms with Crippen molar-refractivity contribution in [2.45, 2.75) is 6.04 Å². The number of amides is 1. The number of hydrogen-bond acceptors (Lipinski definition) is 5. The zero-order valence-electron chi connectivity index (χ0n) is 10.2. The number of hydrogen-bond donors (Lipinski definition) is 2. The Balaban J connectivity index is 1.96. The predicted octanol–water partition coefficient (Wildman–Crippen LogP) is -0.904. The van der Waals surface area contributed by atoms with Crippen LogP contribution in [0.2, 0.25) is 0 Å². The van der Waals surface area contributed by atoms with E-state index in [1.54, 1.807) is 4.90 Å². The molecule has 1 aliphatic rings. The predicted molar refractivity (Wildman–Crippen MR) is 72.5 cm³/mol. The SMILES string of the molecule is NC(C(=O)N1CCN(S(N)(=O)=O)CC1)c1cccs1. The van der Waals surface area contributed by atoms with E-state index in [1.165, 1.54) is 11.3 Å². The zero-order valence-corrected chi connectivity index (χ0v) is 11.9. The van der Waals surface area contributed by atoms with E-state index in [0.717, 1.165) is 9.18 Å². The number of rotatable bonds is 3. The van der Waals surface area contributed by atoms with Crippen molar-refractivity contribution in [2.75, 3.05) is 26.2 Å². The molecular weight excluding hydrogens is 288 g/mol. The summed E-state index contributed by atoms with van der Waals surface area (Å²) < 4.78 is 23.5. The lowest BCUT2D eigenvalue weighted by Gasteiger charge is -2.34. The van der Waals surface area contributed by atoms with Gasteiger partial charge in [0.2, 0.25) is 5.91 Å². The molecule has 2 rings (SSSR count). The van der Waals surface area contributed by atoms with Gasteiger partial charge in [0.15, 0.2) is 0 Å². The largest absolute Gasteiger partial charge is 0.338 e. The van der Waals surface area contributed by atoms with Crippen molar-refractivity contribution in [1.29, 1.82) is 0 Å². The van der Waals surface area contributed by atoms with E-state index >= 15 is 0 Å². The fourth-order valence-corrected chi connectivity index (χ4v) is 3.34. The molecule has 7 nitrogen and oxygen atoms in total. The van der Waals surface area contributed by atoms with Gasteiger partial charge in [-0.3, -0.25) is 4.79 Å². The van der Waals surface area contributed by atoms with E-state index in [0.29, 0.717) is 13.1 Å². The highest BCUT2D eigenvalue weighted by Gasteiger charge is 2.29. The summed E-state index contributed by atoms with van der Waals surface area (Å²) >= 11 is 1.43. The first-order chi connectivity index (χ1) is 8.89. The zero-order chi connectivity index (χ0) is 14.0. The number of carbonyl (C=O) groups is 1. The number of piperazine rings is 1. The first-order valence-electron chi connectivity index (χ1n) is 5.75. The fraction of sp³-hybridized carbons (Fsp3) is 0.500. The van der Waals surface area contributed by atoms with E-state index < -0.39 is 16.3 Å². The second kappa shape index (κ2) is 5.55. The van der Waals surface area contributed by atoms with E-state index in [2.05, 4.69) is 0 Å². The van der Waals surface area contributed by atoms with Crippen molar-refractivity contribution >= 4 is 27.5 Å². The van der Waals surface area contributed by atoms with Crippen LogP contribution in [0, 0.1) is 0 Å². The number of nitrogens with two attached hydrogens (primary N) is 2. The van der Waals surface area contributed by atoms with Crippen LogP contribution in [-0.2, 0) is 15.0 Å². The van der Waals surface area contributed by atoms with Crippen LogP contribution in [0.3, 0.4) is 0 Å². The van der Waals surface area contributed by atoms with Crippen molar-refractivity contribution in [2.24, 2.45) is 10.9 Å². The van der Waals surface area contributed by atoms with Crippen molar-refractivity contribution in [3.8, 4) is 0 Å². The maximum absolute atomic E-state index is 12.2. The second-order valence-electron chi connectivity index (χ2n) is 4.26. The molecule has 0 radical (unpaired) electrons.